The van der Waals surface area contributed by atoms with E-state index in [0.29, 0.717) is 84.0 Å². The van der Waals surface area contributed by atoms with Crippen molar-refractivity contribution in [2.45, 2.75) is 39.8 Å². The number of amides is 1. The predicted molar refractivity (Wildman–Crippen MR) is 186 cm³/mol. The fourth-order valence-electron chi connectivity index (χ4n) is 4.32. The molecule has 0 radical (unpaired) electrons. The first-order valence-corrected chi connectivity index (χ1v) is 16.6. The second-order valence-electron chi connectivity index (χ2n) is 11.6. The van der Waals surface area contributed by atoms with E-state index in [4.69, 9.17) is 28.1 Å². The van der Waals surface area contributed by atoms with Crippen LogP contribution >= 0.6 is 0 Å². The molecule has 51 heavy (non-hydrogen) atoms. The number of benzene rings is 2. The summed E-state index contributed by atoms with van der Waals surface area (Å²) in [6.45, 7) is 10.1. The van der Waals surface area contributed by atoms with Gasteiger partial charge in [0.15, 0.2) is 16.9 Å². The van der Waals surface area contributed by atoms with Crippen LogP contribution in [0.1, 0.15) is 32.4 Å². The highest BCUT2D eigenvalue weighted by Gasteiger charge is 2.13. The Bertz CT molecular complexity index is 1690. The number of rotatable bonds is 21. The third-order valence-electron chi connectivity index (χ3n) is 7.07. The number of hydrogen-bond acceptors (Lipinski definition) is 14. The normalized spacial score (nSPS) is 11.1. The van der Waals surface area contributed by atoms with Gasteiger partial charge in [-0.3, -0.25) is 14.3 Å². The van der Waals surface area contributed by atoms with Gasteiger partial charge in [-0.05, 0) is 30.5 Å². The number of phenolic OH excluding ortho intramolecular Hbond substituents is 4. The molecule has 5 N–H and O–H groups in total. The average Bonchev–Trinajstić information content (AvgIpc) is 3.55. The fourth-order valence-corrected chi connectivity index (χ4v) is 4.32. The molecule has 4 aromatic rings. The van der Waals surface area contributed by atoms with Gasteiger partial charge in [-0.1, -0.05) is 19.1 Å². The Hall–Kier alpha value is -4.74. The number of fused-ring (bicyclic) bond motifs is 1. The molecule has 16 heteroatoms. The Labute approximate surface area is 295 Å². The maximum absolute atomic E-state index is 12.0. The molecule has 0 aliphatic rings. The summed E-state index contributed by atoms with van der Waals surface area (Å²) in [5.41, 5.74) is 0.727. The Balaban J connectivity index is 0.000000291. The molecule has 0 saturated carbocycles. The third kappa shape index (κ3) is 15.0. The molecule has 0 unspecified atom stereocenters. The van der Waals surface area contributed by atoms with E-state index >= 15 is 0 Å². The zero-order valence-electron chi connectivity index (χ0n) is 29.2. The Morgan fingerprint density at radius 1 is 0.824 bits per heavy atom. The second kappa shape index (κ2) is 22.2. The molecule has 4 rings (SSSR count). The van der Waals surface area contributed by atoms with E-state index in [-0.39, 0.29) is 45.6 Å². The van der Waals surface area contributed by atoms with Crippen molar-refractivity contribution in [2.75, 3.05) is 66.5 Å². The van der Waals surface area contributed by atoms with E-state index in [0.717, 1.165) is 30.8 Å². The minimum absolute atomic E-state index is 0.0163. The summed E-state index contributed by atoms with van der Waals surface area (Å²) in [6.07, 6.45) is 3.38. The number of nitrogens with one attached hydrogen (secondary N) is 1. The number of hydrogen-bond donors (Lipinski definition) is 5. The van der Waals surface area contributed by atoms with Gasteiger partial charge < -0.3 is 53.8 Å². The third-order valence-corrected chi connectivity index (χ3v) is 7.07. The number of phenols is 4. The van der Waals surface area contributed by atoms with Crippen LogP contribution in [0.2, 0.25) is 0 Å². The summed E-state index contributed by atoms with van der Waals surface area (Å²) in [4.78, 5) is 23.0. The summed E-state index contributed by atoms with van der Waals surface area (Å²) in [7, 11) is 1.61. The van der Waals surface area contributed by atoms with Crippen LogP contribution < -0.4 is 10.7 Å². The van der Waals surface area contributed by atoms with Crippen LogP contribution in [0, 0.1) is 5.92 Å². The van der Waals surface area contributed by atoms with E-state index < -0.39 is 5.43 Å². The molecule has 280 valence electrons. The van der Waals surface area contributed by atoms with Crippen LogP contribution in [0.4, 0.5) is 0 Å². The molecule has 0 bridgehead atoms. The number of aromatic hydroxyl groups is 4. The van der Waals surface area contributed by atoms with Crippen molar-refractivity contribution in [1.82, 2.24) is 20.3 Å². The van der Waals surface area contributed by atoms with E-state index in [2.05, 4.69) is 29.5 Å². The van der Waals surface area contributed by atoms with Gasteiger partial charge in [0.1, 0.15) is 33.9 Å². The van der Waals surface area contributed by atoms with E-state index in [1.165, 1.54) is 24.3 Å². The second-order valence-corrected chi connectivity index (χ2v) is 11.6. The van der Waals surface area contributed by atoms with Crippen molar-refractivity contribution in [1.29, 1.82) is 0 Å². The molecule has 16 nitrogen and oxygen atoms in total. The number of nitrogens with zero attached hydrogens (tertiary/aromatic N) is 3. The fraction of sp³-hybridized carbons (Fsp3) is 0.486. The molecule has 0 aliphatic heterocycles. The van der Waals surface area contributed by atoms with E-state index in [1.54, 1.807) is 7.05 Å². The molecule has 1 amide bonds. The number of ether oxygens (including phenoxy) is 5. The van der Waals surface area contributed by atoms with Gasteiger partial charge in [-0.2, -0.15) is 0 Å². The summed E-state index contributed by atoms with van der Waals surface area (Å²) in [5, 5.41) is 48.6. The van der Waals surface area contributed by atoms with Crippen LogP contribution in [0.5, 0.6) is 23.0 Å². The summed E-state index contributed by atoms with van der Waals surface area (Å²) >= 11 is 0. The average molecular weight is 717 g/mol. The first-order chi connectivity index (χ1) is 24.6. The molecule has 0 aliphatic carbocycles. The van der Waals surface area contributed by atoms with E-state index in [9.17, 15) is 30.0 Å². The van der Waals surface area contributed by atoms with Gasteiger partial charge >= 0.3 is 0 Å². The topological polar surface area (TPSA) is 217 Å². The Morgan fingerprint density at radius 2 is 1.45 bits per heavy atom. The van der Waals surface area contributed by atoms with Gasteiger partial charge in [0, 0.05) is 43.8 Å². The number of aromatic nitrogens is 3. The monoisotopic (exact) mass is 716 g/mol. The zero-order chi connectivity index (χ0) is 37.0. The smallest absolute Gasteiger partial charge is 0.222 e. The molecule has 2 heterocycles. The highest BCUT2D eigenvalue weighted by Crippen LogP contribution is 2.33. The molecule has 0 atom stereocenters. The molecule has 2 aromatic heterocycles. The largest absolute Gasteiger partial charge is 0.508 e. The van der Waals surface area contributed by atoms with Gasteiger partial charge in [-0.15, -0.1) is 5.10 Å². The van der Waals surface area contributed by atoms with Crippen LogP contribution in [0.3, 0.4) is 0 Å². The zero-order valence-corrected chi connectivity index (χ0v) is 29.2. The lowest BCUT2D eigenvalue weighted by atomic mass is 10.1. The standard InChI is InChI=1S/C20H38N4O6.C15H10O6/c1-18(2)4-6-24-16-19(22-23-24)17-30-15-14-29-13-12-28-11-10-27-9-8-26-7-5-20(25)21-3;16-8-4-11(19)15-12(20)6-13(21-14(15)5-8)7-1-2-9(17)10(18)3-7/h16,18H,4-15,17H2,1-3H3,(H,21,25);1-6,16-19H. The molecule has 0 fully saturated rings. The Kier molecular flexibility index (Phi) is 17.7. The Morgan fingerprint density at radius 3 is 2.06 bits per heavy atom. The molecule has 0 spiro atoms. The van der Waals surface area contributed by atoms with Crippen LogP contribution in [0.15, 0.2) is 51.8 Å². The van der Waals surface area contributed by atoms with Crippen LogP contribution in [-0.4, -0.2) is 108 Å². The van der Waals surface area contributed by atoms with Crippen molar-refractivity contribution in [2.24, 2.45) is 5.92 Å². The molecule has 2 aromatic carbocycles. The quantitative estimate of drug-likeness (QED) is 0.0618. The van der Waals surface area contributed by atoms with Gasteiger partial charge in [-0.25, -0.2) is 0 Å². The van der Waals surface area contributed by atoms with Crippen molar-refractivity contribution in [3.05, 3.63) is 58.5 Å². The van der Waals surface area contributed by atoms with Crippen molar-refractivity contribution >= 4 is 16.9 Å². The van der Waals surface area contributed by atoms with Gasteiger partial charge in [0.2, 0.25) is 5.91 Å². The van der Waals surface area contributed by atoms with Crippen LogP contribution in [-0.2, 0) is 41.6 Å². The predicted octanol–water partition coefficient (Wildman–Crippen LogP) is 3.33. The van der Waals surface area contributed by atoms with Gasteiger partial charge in [0.05, 0.1) is 72.3 Å². The first kappa shape index (κ1) is 40.7. The molecule has 0 saturated heterocycles. The minimum atomic E-state index is -0.490. The summed E-state index contributed by atoms with van der Waals surface area (Å²) in [5.74, 6) is -0.513. The SMILES string of the molecule is CNC(=O)CCOCCOCCOCCOCCOCc1cn(CCC(C)C)nn1.O=c1cc(-c2ccc(O)c(O)c2)oc2cc(O)cc(O)c12. The van der Waals surface area contributed by atoms with Crippen molar-refractivity contribution in [3.8, 4) is 34.3 Å². The van der Waals surface area contributed by atoms with Gasteiger partial charge in [0.25, 0.3) is 0 Å². The first-order valence-electron chi connectivity index (χ1n) is 16.6. The summed E-state index contributed by atoms with van der Waals surface area (Å²) in [6, 6.07) is 7.37. The highest BCUT2D eigenvalue weighted by atomic mass is 16.6. The maximum Gasteiger partial charge on any atom is 0.222 e. The highest BCUT2D eigenvalue weighted by molar-refractivity contribution is 5.86. The van der Waals surface area contributed by atoms with Crippen molar-refractivity contribution < 1.29 is 53.3 Å². The van der Waals surface area contributed by atoms with E-state index in [1.807, 2.05) is 10.9 Å². The van der Waals surface area contributed by atoms with Crippen LogP contribution in [0.25, 0.3) is 22.3 Å². The lowest BCUT2D eigenvalue weighted by Gasteiger charge is -2.07. The number of carbonyl (C=O) groups is 1. The lowest BCUT2D eigenvalue weighted by molar-refractivity contribution is -0.121. The summed E-state index contributed by atoms with van der Waals surface area (Å²) < 4.78 is 34.4. The number of carbonyl (C=O) groups excluding carboxylic acids is 1. The molecular formula is C35H48N4O12. The lowest BCUT2D eigenvalue weighted by Crippen LogP contribution is -2.20. The maximum atomic E-state index is 12.0. The van der Waals surface area contributed by atoms with Crippen molar-refractivity contribution in [3.63, 3.8) is 0 Å². The number of aryl methyl sites for hydroxylation is 1. The minimum Gasteiger partial charge on any atom is -0.508 e. The molecular weight excluding hydrogens is 668 g/mol.